The maximum Gasteiger partial charge on any atom is 0.274 e. The molecule has 0 saturated carbocycles. The Bertz CT molecular complexity index is 473. The molecular formula is C12H21N5O2. The third kappa shape index (κ3) is 4.27. The third-order valence-corrected chi connectivity index (χ3v) is 2.38. The molecule has 0 radical (unpaired) electrons. The number of hydrogen-bond donors (Lipinski definition) is 4. The first-order chi connectivity index (χ1) is 8.74. The van der Waals surface area contributed by atoms with Gasteiger partial charge in [0.25, 0.3) is 5.91 Å². The van der Waals surface area contributed by atoms with Crippen LogP contribution in [0.5, 0.6) is 0 Å². The highest BCUT2D eigenvalue weighted by molar-refractivity contribution is 5.99. The van der Waals surface area contributed by atoms with E-state index in [1.807, 2.05) is 27.7 Å². The maximum absolute atomic E-state index is 11.8. The van der Waals surface area contributed by atoms with Gasteiger partial charge >= 0.3 is 0 Å². The van der Waals surface area contributed by atoms with Crippen molar-refractivity contribution in [1.29, 1.82) is 0 Å². The molecule has 1 rings (SSSR count). The van der Waals surface area contributed by atoms with Crippen LogP contribution in [-0.2, 0) is 11.2 Å². The van der Waals surface area contributed by atoms with Crippen LogP contribution in [0.15, 0.2) is 0 Å². The standard InChI is InChI=1S/C12H21N5O2/c1-5-7-9(13)10(17-16-7)11(19)14-6-8(18)15-12(2,3)4/h5-6,13H2,1-4H3,(H,14,19)(H,15,18)(H,16,17). The molecule has 7 heteroatoms. The molecule has 5 N–H and O–H groups in total. The molecule has 0 aliphatic carbocycles. The van der Waals surface area contributed by atoms with E-state index in [-0.39, 0.29) is 23.7 Å². The molecule has 0 fully saturated rings. The Morgan fingerprint density at radius 3 is 2.47 bits per heavy atom. The number of nitrogens with zero attached hydrogens (tertiary/aromatic N) is 1. The minimum absolute atomic E-state index is 0.107. The third-order valence-electron chi connectivity index (χ3n) is 2.38. The Kier molecular flexibility index (Phi) is 4.52. The van der Waals surface area contributed by atoms with Crippen molar-refractivity contribution in [2.24, 2.45) is 0 Å². The molecule has 0 aliphatic heterocycles. The number of rotatable bonds is 4. The summed E-state index contributed by atoms with van der Waals surface area (Å²) in [7, 11) is 0. The molecule has 1 aromatic rings. The molecule has 1 aromatic heterocycles. The van der Waals surface area contributed by atoms with Crippen molar-refractivity contribution < 1.29 is 9.59 Å². The van der Waals surface area contributed by atoms with Crippen molar-refractivity contribution in [3.8, 4) is 0 Å². The van der Waals surface area contributed by atoms with Crippen molar-refractivity contribution in [3.05, 3.63) is 11.4 Å². The van der Waals surface area contributed by atoms with E-state index in [0.29, 0.717) is 17.8 Å². The zero-order valence-electron chi connectivity index (χ0n) is 11.8. The fourth-order valence-corrected chi connectivity index (χ4v) is 1.54. The van der Waals surface area contributed by atoms with Crippen molar-refractivity contribution >= 4 is 17.5 Å². The molecule has 106 valence electrons. The van der Waals surface area contributed by atoms with E-state index in [9.17, 15) is 9.59 Å². The van der Waals surface area contributed by atoms with Crippen LogP contribution < -0.4 is 16.4 Å². The molecular weight excluding hydrogens is 246 g/mol. The average Bonchev–Trinajstić information content (AvgIpc) is 2.65. The molecule has 7 nitrogen and oxygen atoms in total. The maximum atomic E-state index is 11.8. The number of nitrogen functional groups attached to an aromatic ring is 1. The number of hydrogen-bond acceptors (Lipinski definition) is 4. The molecule has 0 unspecified atom stereocenters. The predicted molar refractivity (Wildman–Crippen MR) is 72.6 cm³/mol. The zero-order chi connectivity index (χ0) is 14.6. The van der Waals surface area contributed by atoms with Gasteiger partial charge in [-0.15, -0.1) is 0 Å². The number of aryl methyl sites for hydroxylation is 1. The molecule has 2 amide bonds. The average molecular weight is 267 g/mol. The molecule has 0 spiro atoms. The second-order valence-electron chi connectivity index (χ2n) is 5.30. The molecule has 19 heavy (non-hydrogen) atoms. The number of anilines is 1. The number of aromatic amines is 1. The fraction of sp³-hybridized carbons (Fsp3) is 0.583. The summed E-state index contributed by atoms with van der Waals surface area (Å²) in [6.45, 7) is 7.40. The van der Waals surface area contributed by atoms with Crippen molar-refractivity contribution in [3.63, 3.8) is 0 Å². The van der Waals surface area contributed by atoms with E-state index in [4.69, 9.17) is 5.73 Å². The van der Waals surface area contributed by atoms with Crippen molar-refractivity contribution in [2.45, 2.75) is 39.7 Å². The van der Waals surface area contributed by atoms with Gasteiger partial charge in [-0.2, -0.15) is 5.10 Å². The van der Waals surface area contributed by atoms with Gasteiger partial charge in [-0.1, -0.05) is 6.92 Å². The monoisotopic (exact) mass is 267 g/mol. The van der Waals surface area contributed by atoms with Gasteiger partial charge in [0, 0.05) is 5.54 Å². The van der Waals surface area contributed by atoms with Gasteiger partial charge in [0.1, 0.15) is 0 Å². The Labute approximate surface area is 112 Å². The van der Waals surface area contributed by atoms with Gasteiger partial charge < -0.3 is 16.4 Å². The second kappa shape index (κ2) is 5.73. The number of amides is 2. The van der Waals surface area contributed by atoms with E-state index in [2.05, 4.69) is 20.8 Å². The van der Waals surface area contributed by atoms with Gasteiger partial charge in [0.2, 0.25) is 5.91 Å². The van der Waals surface area contributed by atoms with Crippen LogP contribution in [0.4, 0.5) is 5.69 Å². The van der Waals surface area contributed by atoms with Crippen LogP contribution in [0.25, 0.3) is 0 Å². The number of H-pyrrole nitrogens is 1. The Morgan fingerprint density at radius 2 is 2.00 bits per heavy atom. The Morgan fingerprint density at radius 1 is 1.37 bits per heavy atom. The van der Waals surface area contributed by atoms with Crippen LogP contribution in [0.2, 0.25) is 0 Å². The summed E-state index contributed by atoms with van der Waals surface area (Å²) in [5.74, 6) is -0.719. The van der Waals surface area contributed by atoms with Gasteiger partial charge in [-0.3, -0.25) is 14.7 Å². The highest BCUT2D eigenvalue weighted by Gasteiger charge is 2.18. The van der Waals surface area contributed by atoms with Crippen LogP contribution in [0.1, 0.15) is 43.9 Å². The van der Waals surface area contributed by atoms with Gasteiger partial charge in [0.05, 0.1) is 17.9 Å². The number of aromatic nitrogens is 2. The lowest BCUT2D eigenvalue weighted by Gasteiger charge is -2.20. The van der Waals surface area contributed by atoms with Gasteiger partial charge in [-0.05, 0) is 27.2 Å². The zero-order valence-corrected chi connectivity index (χ0v) is 11.8. The largest absolute Gasteiger partial charge is 0.395 e. The van der Waals surface area contributed by atoms with Crippen LogP contribution in [-0.4, -0.2) is 34.1 Å². The lowest BCUT2D eigenvalue weighted by Crippen LogP contribution is -2.45. The summed E-state index contributed by atoms with van der Waals surface area (Å²) in [6.07, 6.45) is 0.663. The SMILES string of the molecule is CCc1[nH]nc(C(=O)NCC(=O)NC(C)(C)C)c1N. The second-order valence-corrected chi connectivity index (χ2v) is 5.30. The molecule has 0 saturated heterocycles. The molecule has 0 aromatic carbocycles. The number of nitrogens with one attached hydrogen (secondary N) is 3. The summed E-state index contributed by atoms with van der Waals surface area (Å²) in [4.78, 5) is 23.4. The number of carbonyl (C=O) groups is 2. The summed E-state index contributed by atoms with van der Waals surface area (Å²) in [5, 5.41) is 11.8. The summed E-state index contributed by atoms with van der Waals surface area (Å²) in [6, 6.07) is 0. The highest BCUT2D eigenvalue weighted by Crippen LogP contribution is 2.13. The summed E-state index contributed by atoms with van der Waals surface area (Å²) in [5.41, 5.74) is 6.60. The van der Waals surface area contributed by atoms with Gasteiger partial charge in [0.15, 0.2) is 5.69 Å². The minimum Gasteiger partial charge on any atom is -0.395 e. The Balaban J connectivity index is 2.56. The first-order valence-electron chi connectivity index (χ1n) is 6.16. The quantitative estimate of drug-likeness (QED) is 0.624. The van der Waals surface area contributed by atoms with Gasteiger partial charge in [-0.25, -0.2) is 0 Å². The molecule has 0 bridgehead atoms. The number of nitrogens with two attached hydrogens (primary N) is 1. The molecule has 1 heterocycles. The topological polar surface area (TPSA) is 113 Å². The lowest BCUT2D eigenvalue weighted by atomic mass is 10.1. The normalized spacial score (nSPS) is 11.2. The van der Waals surface area contributed by atoms with Crippen LogP contribution in [0.3, 0.4) is 0 Å². The van der Waals surface area contributed by atoms with Crippen LogP contribution in [0, 0.1) is 0 Å². The van der Waals surface area contributed by atoms with E-state index in [0.717, 1.165) is 0 Å². The summed E-state index contributed by atoms with van der Waals surface area (Å²) >= 11 is 0. The van der Waals surface area contributed by atoms with E-state index < -0.39 is 5.91 Å². The number of carbonyl (C=O) groups excluding carboxylic acids is 2. The smallest absolute Gasteiger partial charge is 0.274 e. The van der Waals surface area contributed by atoms with Crippen molar-refractivity contribution in [2.75, 3.05) is 12.3 Å². The molecule has 0 atom stereocenters. The fourth-order valence-electron chi connectivity index (χ4n) is 1.54. The Hall–Kier alpha value is -2.05. The first-order valence-corrected chi connectivity index (χ1v) is 6.16. The van der Waals surface area contributed by atoms with E-state index >= 15 is 0 Å². The van der Waals surface area contributed by atoms with Crippen molar-refractivity contribution in [1.82, 2.24) is 20.8 Å². The van der Waals surface area contributed by atoms with E-state index in [1.165, 1.54) is 0 Å². The summed E-state index contributed by atoms with van der Waals surface area (Å²) < 4.78 is 0. The first kappa shape index (κ1) is 15.0. The predicted octanol–water partition coefficient (Wildman–Crippen LogP) is 0.199. The highest BCUT2D eigenvalue weighted by atomic mass is 16.2. The molecule has 0 aliphatic rings. The van der Waals surface area contributed by atoms with Crippen LogP contribution >= 0.6 is 0 Å². The minimum atomic E-state index is -0.461. The van der Waals surface area contributed by atoms with E-state index in [1.54, 1.807) is 0 Å². The lowest BCUT2D eigenvalue weighted by molar-refractivity contribution is -0.121.